The van der Waals surface area contributed by atoms with Crippen LogP contribution in [0.15, 0.2) is 34.9 Å². The Morgan fingerprint density at radius 1 is 1.20 bits per heavy atom. The van der Waals surface area contributed by atoms with E-state index in [2.05, 4.69) is 15.8 Å². The first-order chi connectivity index (χ1) is 12.0. The predicted molar refractivity (Wildman–Crippen MR) is 93.6 cm³/mol. The van der Waals surface area contributed by atoms with E-state index in [9.17, 15) is 9.59 Å². The Balaban J connectivity index is 1.85. The summed E-state index contributed by atoms with van der Waals surface area (Å²) in [5, 5.41) is 9.13. The van der Waals surface area contributed by atoms with Gasteiger partial charge in [0.05, 0.1) is 20.2 Å². The predicted octanol–water partition coefficient (Wildman–Crippen LogP) is 1.89. The number of carbonyl (C=O) groups excluding carboxylic acids is 2. The Hall–Kier alpha value is -2.87. The van der Waals surface area contributed by atoms with Gasteiger partial charge in [-0.25, -0.2) is 0 Å². The number of benzene rings is 1. The molecule has 0 atom stereocenters. The summed E-state index contributed by atoms with van der Waals surface area (Å²) in [6, 6.07) is 8.72. The molecule has 1 heterocycles. The number of aromatic nitrogens is 1. The van der Waals surface area contributed by atoms with Gasteiger partial charge in [0, 0.05) is 17.8 Å². The number of hydrogen-bond acceptors (Lipinski definition) is 6. The molecule has 2 aromatic rings. The monoisotopic (exact) mass is 346 g/mol. The number of likely N-dealkylation sites (N-methyl/N-ethyl adjacent to an activating group) is 1. The van der Waals surface area contributed by atoms with Gasteiger partial charge in [-0.3, -0.25) is 14.5 Å². The average molecular weight is 346 g/mol. The quantitative estimate of drug-likeness (QED) is 0.758. The molecule has 8 heteroatoms. The second kappa shape index (κ2) is 8.84. The van der Waals surface area contributed by atoms with E-state index in [1.54, 1.807) is 49.3 Å². The first kappa shape index (κ1) is 18.5. The Bertz CT molecular complexity index is 729. The molecule has 0 saturated carbocycles. The molecule has 2 amide bonds. The molecule has 0 spiro atoms. The van der Waals surface area contributed by atoms with Crippen molar-refractivity contribution in [2.24, 2.45) is 0 Å². The van der Waals surface area contributed by atoms with Crippen LogP contribution in [0.1, 0.15) is 12.7 Å². The fraction of sp³-hybridized carbons (Fsp3) is 0.353. The van der Waals surface area contributed by atoms with Crippen LogP contribution in [0.3, 0.4) is 0 Å². The maximum absolute atomic E-state index is 12.2. The van der Waals surface area contributed by atoms with Crippen LogP contribution in [-0.4, -0.2) is 48.6 Å². The number of amides is 2. The zero-order valence-corrected chi connectivity index (χ0v) is 14.5. The standard InChI is InChI=1S/C17H22N4O4/c1-4-21(11-17(23)19-15-8-12(2)25-20-15)10-16(22)18-13-6-5-7-14(9-13)24-3/h5-9H,4,10-11H2,1-3H3,(H,18,22)(H,19,20,23). The minimum Gasteiger partial charge on any atom is -0.497 e. The van der Waals surface area contributed by atoms with Gasteiger partial charge in [0.1, 0.15) is 11.5 Å². The molecule has 134 valence electrons. The number of ether oxygens (including phenoxy) is 1. The van der Waals surface area contributed by atoms with Crippen molar-refractivity contribution < 1.29 is 18.8 Å². The van der Waals surface area contributed by atoms with Crippen molar-refractivity contribution >= 4 is 23.3 Å². The third kappa shape index (κ3) is 5.92. The van der Waals surface area contributed by atoms with Gasteiger partial charge in [-0.15, -0.1) is 0 Å². The second-order valence-electron chi connectivity index (χ2n) is 5.45. The van der Waals surface area contributed by atoms with Gasteiger partial charge in [-0.05, 0) is 25.6 Å². The number of hydrogen-bond donors (Lipinski definition) is 2. The van der Waals surface area contributed by atoms with Crippen LogP contribution in [-0.2, 0) is 9.59 Å². The highest BCUT2D eigenvalue weighted by Gasteiger charge is 2.14. The van der Waals surface area contributed by atoms with Crippen LogP contribution in [0.4, 0.5) is 11.5 Å². The van der Waals surface area contributed by atoms with Crippen molar-refractivity contribution in [1.82, 2.24) is 10.1 Å². The van der Waals surface area contributed by atoms with E-state index in [0.29, 0.717) is 29.6 Å². The van der Waals surface area contributed by atoms with Crippen LogP contribution in [0.25, 0.3) is 0 Å². The van der Waals surface area contributed by atoms with E-state index in [0.717, 1.165) is 0 Å². The molecule has 2 rings (SSSR count). The van der Waals surface area contributed by atoms with Crippen molar-refractivity contribution in [3.63, 3.8) is 0 Å². The zero-order valence-electron chi connectivity index (χ0n) is 14.5. The molecule has 0 fully saturated rings. The first-order valence-electron chi connectivity index (χ1n) is 7.89. The van der Waals surface area contributed by atoms with Gasteiger partial charge >= 0.3 is 0 Å². The summed E-state index contributed by atoms with van der Waals surface area (Å²) in [5.41, 5.74) is 0.642. The van der Waals surface area contributed by atoms with Gasteiger partial charge in [0.25, 0.3) is 0 Å². The van der Waals surface area contributed by atoms with E-state index < -0.39 is 0 Å². The second-order valence-corrected chi connectivity index (χ2v) is 5.45. The first-order valence-corrected chi connectivity index (χ1v) is 7.89. The molecule has 1 aromatic heterocycles. The molecule has 0 unspecified atom stereocenters. The highest BCUT2D eigenvalue weighted by atomic mass is 16.5. The van der Waals surface area contributed by atoms with Crippen molar-refractivity contribution in [3.8, 4) is 5.75 Å². The normalized spacial score (nSPS) is 10.6. The molecule has 0 aliphatic rings. The summed E-state index contributed by atoms with van der Waals surface area (Å²) < 4.78 is 10.0. The summed E-state index contributed by atoms with van der Waals surface area (Å²) >= 11 is 0. The third-order valence-electron chi connectivity index (χ3n) is 3.43. The molecule has 0 aliphatic carbocycles. The Morgan fingerprint density at radius 2 is 1.92 bits per heavy atom. The van der Waals surface area contributed by atoms with E-state index >= 15 is 0 Å². The molecule has 8 nitrogen and oxygen atoms in total. The number of nitrogens with zero attached hydrogens (tertiary/aromatic N) is 2. The highest BCUT2D eigenvalue weighted by molar-refractivity contribution is 5.94. The number of methoxy groups -OCH3 is 1. The Labute approximate surface area is 146 Å². The fourth-order valence-corrected chi connectivity index (χ4v) is 2.19. The maximum Gasteiger partial charge on any atom is 0.239 e. The van der Waals surface area contributed by atoms with Crippen molar-refractivity contribution in [3.05, 3.63) is 36.1 Å². The number of anilines is 2. The Kier molecular flexibility index (Phi) is 6.53. The summed E-state index contributed by atoms with van der Waals surface area (Å²) in [4.78, 5) is 25.9. The summed E-state index contributed by atoms with van der Waals surface area (Å²) in [5.74, 6) is 1.16. The molecular weight excluding hydrogens is 324 g/mol. The third-order valence-corrected chi connectivity index (χ3v) is 3.43. The number of aryl methyl sites for hydroxylation is 1. The lowest BCUT2D eigenvalue weighted by atomic mass is 10.3. The van der Waals surface area contributed by atoms with E-state index in [4.69, 9.17) is 9.26 Å². The summed E-state index contributed by atoms with van der Waals surface area (Å²) in [6.07, 6.45) is 0. The van der Waals surface area contributed by atoms with Crippen LogP contribution in [0.2, 0.25) is 0 Å². The number of rotatable bonds is 8. The van der Waals surface area contributed by atoms with Crippen molar-refractivity contribution in [2.45, 2.75) is 13.8 Å². The van der Waals surface area contributed by atoms with Crippen LogP contribution >= 0.6 is 0 Å². The van der Waals surface area contributed by atoms with Gasteiger partial charge in [0.2, 0.25) is 11.8 Å². The van der Waals surface area contributed by atoms with Gasteiger partial charge < -0.3 is 19.9 Å². The SMILES string of the molecule is CCN(CC(=O)Nc1cccc(OC)c1)CC(=O)Nc1cc(C)on1. The largest absolute Gasteiger partial charge is 0.497 e. The molecule has 2 N–H and O–H groups in total. The van der Waals surface area contributed by atoms with Crippen molar-refractivity contribution in [2.75, 3.05) is 37.4 Å². The lowest BCUT2D eigenvalue weighted by molar-refractivity contribution is -0.119. The van der Waals surface area contributed by atoms with Crippen LogP contribution < -0.4 is 15.4 Å². The summed E-state index contributed by atoms with van der Waals surface area (Å²) in [6.45, 7) is 4.35. The van der Waals surface area contributed by atoms with E-state index in [1.165, 1.54) is 0 Å². The molecule has 0 bridgehead atoms. The molecular formula is C17H22N4O4. The Morgan fingerprint density at radius 3 is 2.52 bits per heavy atom. The lowest BCUT2D eigenvalue weighted by Gasteiger charge is -2.19. The van der Waals surface area contributed by atoms with Gasteiger partial charge in [-0.1, -0.05) is 18.1 Å². The fourth-order valence-electron chi connectivity index (χ4n) is 2.19. The topological polar surface area (TPSA) is 96.7 Å². The smallest absolute Gasteiger partial charge is 0.239 e. The highest BCUT2D eigenvalue weighted by Crippen LogP contribution is 2.16. The molecule has 0 aliphatic heterocycles. The van der Waals surface area contributed by atoms with Gasteiger partial charge in [-0.2, -0.15) is 0 Å². The van der Waals surface area contributed by atoms with E-state index in [1.807, 2.05) is 6.92 Å². The minimum absolute atomic E-state index is 0.0773. The summed E-state index contributed by atoms with van der Waals surface area (Å²) in [7, 11) is 1.56. The van der Waals surface area contributed by atoms with Crippen molar-refractivity contribution in [1.29, 1.82) is 0 Å². The molecule has 25 heavy (non-hydrogen) atoms. The average Bonchev–Trinajstić information content (AvgIpc) is 2.99. The molecule has 1 aromatic carbocycles. The zero-order chi connectivity index (χ0) is 18.2. The molecule has 0 radical (unpaired) electrons. The van der Waals surface area contributed by atoms with Gasteiger partial charge in [0.15, 0.2) is 5.82 Å². The maximum atomic E-state index is 12.2. The minimum atomic E-state index is -0.260. The van der Waals surface area contributed by atoms with Crippen LogP contribution in [0, 0.1) is 6.92 Å². The number of carbonyl (C=O) groups is 2. The van der Waals surface area contributed by atoms with E-state index in [-0.39, 0.29) is 24.9 Å². The molecule has 0 saturated heterocycles. The number of nitrogens with one attached hydrogen (secondary N) is 2. The van der Waals surface area contributed by atoms with Crippen LogP contribution in [0.5, 0.6) is 5.75 Å². The lowest BCUT2D eigenvalue weighted by Crippen LogP contribution is -2.38.